The van der Waals surface area contributed by atoms with Crippen molar-refractivity contribution in [1.29, 1.82) is 0 Å². The highest BCUT2D eigenvalue weighted by Gasteiger charge is 2.34. The van der Waals surface area contributed by atoms with E-state index in [4.69, 9.17) is 0 Å². The lowest BCUT2D eigenvalue weighted by Crippen LogP contribution is -2.31. The van der Waals surface area contributed by atoms with Crippen LogP contribution in [0.4, 0.5) is 0 Å². The first-order valence-electron chi connectivity index (χ1n) is 17.5. The zero-order chi connectivity index (χ0) is 27.5. The van der Waals surface area contributed by atoms with Crippen LogP contribution >= 0.6 is 0 Å². The number of allylic oxidation sites excluding steroid dienone is 2. The maximum Gasteiger partial charge on any atom is -0.0262 e. The Balaban J connectivity index is 2.57. The second kappa shape index (κ2) is 21.5. The molecule has 0 bridgehead atoms. The van der Waals surface area contributed by atoms with Crippen LogP contribution in [0.1, 0.15) is 177 Å². The molecule has 0 aromatic heterocycles. The Morgan fingerprint density at radius 3 is 2.03 bits per heavy atom. The van der Waals surface area contributed by atoms with Crippen LogP contribution in [0.5, 0.6) is 0 Å². The highest BCUT2D eigenvalue weighted by atomic mass is 14.4. The third-order valence-corrected chi connectivity index (χ3v) is 10.5. The van der Waals surface area contributed by atoms with Crippen molar-refractivity contribution in [3.8, 4) is 0 Å². The summed E-state index contributed by atoms with van der Waals surface area (Å²) in [5, 5.41) is 0. The first-order valence-corrected chi connectivity index (χ1v) is 17.5. The zero-order valence-electron chi connectivity index (χ0n) is 27.2. The van der Waals surface area contributed by atoms with Gasteiger partial charge in [0.15, 0.2) is 0 Å². The topological polar surface area (TPSA) is 0 Å². The first kappa shape index (κ1) is 34.8. The Morgan fingerprint density at radius 2 is 1.32 bits per heavy atom. The van der Waals surface area contributed by atoms with Gasteiger partial charge < -0.3 is 0 Å². The third-order valence-electron chi connectivity index (χ3n) is 10.5. The van der Waals surface area contributed by atoms with Crippen LogP contribution < -0.4 is 0 Å². The van der Waals surface area contributed by atoms with Crippen molar-refractivity contribution in [3.63, 3.8) is 0 Å². The van der Waals surface area contributed by atoms with Gasteiger partial charge in [0.25, 0.3) is 0 Å². The summed E-state index contributed by atoms with van der Waals surface area (Å²) < 4.78 is 0. The summed E-state index contributed by atoms with van der Waals surface area (Å²) in [6.45, 7) is 19.5. The highest BCUT2D eigenvalue weighted by molar-refractivity contribution is 4.89. The molecular formula is C37H72. The van der Waals surface area contributed by atoms with Gasteiger partial charge in [-0.05, 0) is 79.4 Å². The maximum absolute atomic E-state index is 2.57. The summed E-state index contributed by atoms with van der Waals surface area (Å²) in [5.41, 5.74) is 0. The molecule has 1 fully saturated rings. The summed E-state index contributed by atoms with van der Waals surface area (Å²) in [6.07, 6.45) is 32.3. The monoisotopic (exact) mass is 517 g/mol. The molecule has 0 aromatic rings. The van der Waals surface area contributed by atoms with Crippen LogP contribution in [0, 0.1) is 47.3 Å². The van der Waals surface area contributed by atoms with E-state index in [0.29, 0.717) is 0 Å². The Hall–Kier alpha value is -0.260. The van der Waals surface area contributed by atoms with Crippen molar-refractivity contribution in [2.24, 2.45) is 47.3 Å². The van der Waals surface area contributed by atoms with Gasteiger partial charge in [-0.2, -0.15) is 0 Å². The number of rotatable bonds is 22. The molecule has 37 heavy (non-hydrogen) atoms. The predicted octanol–water partition coefficient (Wildman–Crippen LogP) is 13.1. The molecular weight excluding hydrogens is 444 g/mol. The molecule has 0 spiro atoms. The molecule has 0 saturated heterocycles. The van der Waals surface area contributed by atoms with Crippen LogP contribution in [0.2, 0.25) is 0 Å². The summed E-state index contributed by atoms with van der Waals surface area (Å²) in [6, 6.07) is 0. The number of hydrogen-bond acceptors (Lipinski definition) is 0. The van der Waals surface area contributed by atoms with Gasteiger partial charge in [-0.1, -0.05) is 157 Å². The van der Waals surface area contributed by atoms with Gasteiger partial charge in [0.05, 0.1) is 0 Å². The summed E-state index contributed by atoms with van der Waals surface area (Å²) in [4.78, 5) is 0. The molecule has 8 atom stereocenters. The van der Waals surface area contributed by atoms with E-state index in [1.54, 1.807) is 0 Å². The smallest absolute Gasteiger partial charge is 0.0262 e. The van der Waals surface area contributed by atoms with Crippen molar-refractivity contribution in [1.82, 2.24) is 0 Å². The fourth-order valence-electron chi connectivity index (χ4n) is 7.51. The minimum absolute atomic E-state index is 0.760. The Kier molecular flexibility index (Phi) is 20.2. The third kappa shape index (κ3) is 15.8. The lowest BCUT2D eigenvalue weighted by atomic mass is 9.64. The zero-order valence-corrected chi connectivity index (χ0v) is 27.2. The number of hydrogen-bond donors (Lipinski definition) is 0. The Bertz CT molecular complexity index is 532. The minimum Gasteiger partial charge on any atom is -0.0883 e. The van der Waals surface area contributed by atoms with E-state index in [0.717, 1.165) is 47.3 Å². The van der Waals surface area contributed by atoms with Gasteiger partial charge in [-0.15, -0.1) is 0 Å². The molecule has 220 valence electrons. The Morgan fingerprint density at radius 1 is 0.676 bits per heavy atom. The van der Waals surface area contributed by atoms with Crippen molar-refractivity contribution < 1.29 is 0 Å². The van der Waals surface area contributed by atoms with E-state index in [-0.39, 0.29) is 0 Å². The molecule has 1 aliphatic carbocycles. The molecule has 1 rings (SSSR count). The van der Waals surface area contributed by atoms with Gasteiger partial charge in [-0.3, -0.25) is 0 Å². The molecule has 0 aliphatic heterocycles. The molecule has 8 unspecified atom stereocenters. The molecule has 1 saturated carbocycles. The molecule has 0 heteroatoms. The summed E-state index contributed by atoms with van der Waals surface area (Å²) in [7, 11) is 0. The predicted molar refractivity (Wildman–Crippen MR) is 170 cm³/mol. The van der Waals surface area contributed by atoms with Gasteiger partial charge in [0.2, 0.25) is 0 Å². The molecule has 0 heterocycles. The van der Waals surface area contributed by atoms with Crippen molar-refractivity contribution >= 4 is 0 Å². The van der Waals surface area contributed by atoms with Crippen molar-refractivity contribution in [2.45, 2.75) is 177 Å². The van der Waals surface area contributed by atoms with Crippen LogP contribution in [0.3, 0.4) is 0 Å². The maximum atomic E-state index is 2.57. The molecule has 0 radical (unpaired) electrons. The standard InChI is InChI=1S/C37H72/c1-9-19-31(5)22-13-12-14-25-35(36-28-27-34(8)37(29-36)33(7)20-10-2)26-18-17-24-32(6)23-16-15-21-30(4)11-3/h17,24,30-37H,9-16,18-23,25-29H2,1-8H3. The Labute approximate surface area is 236 Å². The summed E-state index contributed by atoms with van der Waals surface area (Å²) in [5.74, 6) is 7.40. The van der Waals surface area contributed by atoms with E-state index in [9.17, 15) is 0 Å². The summed E-state index contributed by atoms with van der Waals surface area (Å²) >= 11 is 0. The minimum atomic E-state index is 0.760. The molecule has 0 aromatic carbocycles. The van der Waals surface area contributed by atoms with Crippen LogP contribution in [0.15, 0.2) is 12.2 Å². The number of unbranched alkanes of at least 4 members (excludes halogenated alkanes) is 3. The van der Waals surface area contributed by atoms with Gasteiger partial charge >= 0.3 is 0 Å². The average Bonchev–Trinajstić information content (AvgIpc) is 2.88. The fourth-order valence-corrected chi connectivity index (χ4v) is 7.51. The van der Waals surface area contributed by atoms with Crippen LogP contribution in [-0.2, 0) is 0 Å². The van der Waals surface area contributed by atoms with Gasteiger partial charge in [-0.25, -0.2) is 0 Å². The largest absolute Gasteiger partial charge is 0.0883 e. The van der Waals surface area contributed by atoms with Crippen LogP contribution in [0.25, 0.3) is 0 Å². The SMILES string of the molecule is CCCC(C)CCCCCC(CCC=CC(C)CCCCC(C)CC)C1CCC(C)C(C(C)CCC)C1. The van der Waals surface area contributed by atoms with Crippen molar-refractivity contribution in [3.05, 3.63) is 12.2 Å². The van der Waals surface area contributed by atoms with E-state index < -0.39 is 0 Å². The molecule has 1 aliphatic rings. The van der Waals surface area contributed by atoms with E-state index in [1.165, 1.54) is 122 Å². The lowest BCUT2D eigenvalue weighted by Gasteiger charge is -2.41. The lowest BCUT2D eigenvalue weighted by molar-refractivity contribution is 0.0944. The van der Waals surface area contributed by atoms with E-state index in [1.807, 2.05) is 0 Å². The van der Waals surface area contributed by atoms with Gasteiger partial charge in [0.1, 0.15) is 0 Å². The second-order valence-corrected chi connectivity index (χ2v) is 14.1. The highest BCUT2D eigenvalue weighted by Crippen LogP contribution is 2.44. The average molecular weight is 517 g/mol. The normalized spacial score (nSPS) is 24.7. The van der Waals surface area contributed by atoms with Gasteiger partial charge in [0, 0.05) is 0 Å². The van der Waals surface area contributed by atoms with Crippen LogP contribution in [-0.4, -0.2) is 0 Å². The quantitative estimate of drug-likeness (QED) is 0.0991. The molecule has 0 N–H and O–H groups in total. The first-order chi connectivity index (χ1) is 17.8. The molecule has 0 nitrogen and oxygen atoms in total. The second-order valence-electron chi connectivity index (χ2n) is 14.1. The van der Waals surface area contributed by atoms with Crippen molar-refractivity contribution in [2.75, 3.05) is 0 Å². The molecule has 0 amide bonds. The fraction of sp³-hybridized carbons (Fsp3) is 0.946. The van der Waals surface area contributed by atoms with E-state index >= 15 is 0 Å². The van der Waals surface area contributed by atoms with E-state index in [2.05, 4.69) is 67.5 Å².